The van der Waals surface area contributed by atoms with Crippen molar-refractivity contribution >= 4 is 17.8 Å². The molecule has 150 valence electrons. The van der Waals surface area contributed by atoms with Gasteiger partial charge in [0.25, 0.3) is 11.8 Å². The maximum atomic E-state index is 11.6. The van der Waals surface area contributed by atoms with Gasteiger partial charge in [0.2, 0.25) is 0 Å². The molecule has 0 radical (unpaired) electrons. The second-order valence-electron chi connectivity index (χ2n) is 6.56. The summed E-state index contributed by atoms with van der Waals surface area (Å²) in [6.07, 6.45) is 0.262. The number of ether oxygens (including phenoxy) is 1. The number of nitrogens with zero attached hydrogens (tertiary/aromatic N) is 1. The summed E-state index contributed by atoms with van der Waals surface area (Å²) >= 11 is 0. The van der Waals surface area contributed by atoms with E-state index in [4.69, 9.17) is 9.57 Å². The van der Waals surface area contributed by atoms with Crippen molar-refractivity contribution in [3.8, 4) is 5.75 Å². The van der Waals surface area contributed by atoms with Crippen LogP contribution in [0.1, 0.15) is 49.2 Å². The number of aryl methyl sites for hydroxylation is 2. The maximum absolute atomic E-state index is 11.6. The van der Waals surface area contributed by atoms with E-state index < -0.39 is 17.8 Å². The highest BCUT2D eigenvalue weighted by Gasteiger charge is 2.20. The zero-order chi connectivity index (χ0) is 21.3. The number of amides is 2. The molecule has 0 aliphatic rings. The van der Waals surface area contributed by atoms with Crippen LogP contribution < -0.4 is 4.74 Å². The van der Waals surface area contributed by atoms with E-state index in [-0.39, 0.29) is 11.7 Å². The lowest BCUT2D eigenvalue weighted by molar-refractivity contribution is -0.177. The Morgan fingerprint density at radius 2 is 1.43 bits per heavy atom. The fraction of sp³-hybridized carbons (Fsp3) is 0.318. The first-order valence-corrected chi connectivity index (χ1v) is 8.93. The second kappa shape index (κ2) is 10.9. The molecule has 2 amide bonds. The molecule has 6 heteroatoms. The Bertz CT molecular complexity index is 798. The smallest absolute Gasteiger partial charge is 0.363 e. The van der Waals surface area contributed by atoms with Crippen LogP contribution in [0.2, 0.25) is 0 Å². The molecule has 0 bridgehead atoms. The monoisotopic (exact) mass is 385 g/mol. The quantitative estimate of drug-likeness (QED) is 0.739. The molecule has 0 saturated carbocycles. The molecule has 28 heavy (non-hydrogen) atoms. The van der Waals surface area contributed by atoms with Crippen LogP contribution in [0, 0.1) is 13.8 Å². The zero-order valence-electron chi connectivity index (χ0n) is 17.2. The molecule has 0 heterocycles. The van der Waals surface area contributed by atoms with Crippen LogP contribution in [0.3, 0.4) is 0 Å². The Labute approximate surface area is 166 Å². The van der Waals surface area contributed by atoms with E-state index in [1.54, 1.807) is 18.2 Å². The second-order valence-corrected chi connectivity index (χ2v) is 6.56. The van der Waals surface area contributed by atoms with Crippen LogP contribution >= 0.6 is 0 Å². The third-order valence-electron chi connectivity index (χ3n) is 3.39. The Balaban J connectivity index is 0.000000307. The number of hydroxylamine groups is 2. The van der Waals surface area contributed by atoms with Gasteiger partial charge in [0.15, 0.2) is 0 Å². The summed E-state index contributed by atoms with van der Waals surface area (Å²) in [6.45, 7) is 10.2. The molecular formula is C22H27NO5. The van der Waals surface area contributed by atoms with Gasteiger partial charge in [-0.2, -0.15) is 0 Å². The SMILES string of the molecule is CC(=O)N(OC(=O)c1cccc(C)c1)C(C)=O.Cc1ccc(OC(C)C)cc1. The summed E-state index contributed by atoms with van der Waals surface area (Å²) in [7, 11) is 0. The highest BCUT2D eigenvalue weighted by atomic mass is 16.7. The van der Waals surface area contributed by atoms with E-state index in [1.807, 2.05) is 39.0 Å². The van der Waals surface area contributed by atoms with Crippen molar-refractivity contribution < 1.29 is 24.0 Å². The van der Waals surface area contributed by atoms with Gasteiger partial charge in [-0.25, -0.2) is 4.79 Å². The minimum atomic E-state index is -0.737. The van der Waals surface area contributed by atoms with E-state index in [0.717, 1.165) is 25.2 Å². The molecule has 0 unspecified atom stereocenters. The maximum Gasteiger partial charge on any atom is 0.363 e. The summed E-state index contributed by atoms with van der Waals surface area (Å²) in [5.74, 6) is -1.07. The van der Waals surface area contributed by atoms with Crippen LogP contribution in [0.4, 0.5) is 0 Å². The standard InChI is InChI=1S/C12H13NO4.C10H14O/c1-8-5-4-6-11(7-8)12(16)17-13(9(2)14)10(3)15;1-8(2)11-10-6-4-9(3)5-7-10/h4-7H,1-3H3;4-8H,1-3H3. The molecule has 6 nitrogen and oxygen atoms in total. The molecule has 0 saturated heterocycles. The normalized spacial score (nSPS) is 9.82. The summed E-state index contributed by atoms with van der Waals surface area (Å²) in [5, 5.41) is 0.435. The third-order valence-corrected chi connectivity index (χ3v) is 3.39. The van der Waals surface area contributed by atoms with Gasteiger partial charge in [-0.1, -0.05) is 35.4 Å². The van der Waals surface area contributed by atoms with E-state index >= 15 is 0 Å². The number of imide groups is 1. The average Bonchev–Trinajstić information content (AvgIpc) is 2.61. The molecule has 0 spiro atoms. The van der Waals surface area contributed by atoms with Crippen molar-refractivity contribution in [2.75, 3.05) is 0 Å². The number of carbonyl (C=O) groups excluding carboxylic acids is 3. The van der Waals surface area contributed by atoms with Crippen LogP contribution in [0.15, 0.2) is 48.5 Å². The summed E-state index contributed by atoms with van der Waals surface area (Å²) in [6, 6.07) is 14.8. The summed E-state index contributed by atoms with van der Waals surface area (Å²) < 4.78 is 5.47. The van der Waals surface area contributed by atoms with Crippen molar-refractivity contribution in [2.24, 2.45) is 0 Å². The van der Waals surface area contributed by atoms with Crippen molar-refractivity contribution in [2.45, 2.75) is 47.6 Å². The molecule has 0 fully saturated rings. The number of hydrogen-bond donors (Lipinski definition) is 0. The van der Waals surface area contributed by atoms with Crippen molar-refractivity contribution in [3.05, 3.63) is 65.2 Å². The fourth-order valence-electron chi connectivity index (χ4n) is 2.15. The first-order valence-electron chi connectivity index (χ1n) is 8.93. The number of carbonyl (C=O) groups is 3. The Kier molecular flexibility index (Phi) is 8.88. The van der Waals surface area contributed by atoms with Gasteiger partial charge in [-0.05, 0) is 52.0 Å². The minimum absolute atomic E-state index is 0.262. The van der Waals surface area contributed by atoms with Crippen LogP contribution in [0.5, 0.6) is 5.75 Å². The zero-order valence-corrected chi connectivity index (χ0v) is 17.2. The Morgan fingerprint density at radius 3 is 1.89 bits per heavy atom. The summed E-state index contributed by atoms with van der Waals surface area (Å²) in [5.41, 5.74) is 2.44. The van der Waals surface area contributed by atoms with E-state index in [0.29, 0.717) is 5.06 Å². The molecule has 0 aliphatic heterocycles. The van der Waals surface area contributed by atoms with Crippen LogP contribution in [-0.4, -0.2) is 29.0 Å². The van der Waals surface area contributed by atoms with E-state index in [2.05, 4.69) is 19.1 Å². The minimum Gasteiger partial charge on any atom is -0.491 e. The molecule has 2 rings (SSSR count). The van der Waals surface area contributed by atoms with Crippen LogP contribution in [-0.2, 0) is 14.4 Å². The van der Waals surface area contributed by atoms with E-state index in [9.17, 15) is 14.4 Å². The lowest BCUT2D eigenvalue weighted by Crippen LogP contribution is -2.35. The molecule has 0 aromatic heterocycles. The van der Waals surface area contributed by atoms with Gasteiger partial charge < -0.3 is 9.57 Å². The van der Waals surface area contributed by atoms with Crippen molar-refractivity contribution in [1.82, 2.24) is 5.06 Å². The Hall–Kier alpha value is -3.15. The first-order chi connectivity index (χ1) is 13.1. The average molecular weight is 385 g/mol. The number of benzene rings is 2. The Morgan fingerprint density at radius 1 is 0.857 bits per heavy atom. The van der Waals surface area contributed by atoms with Gasteiger partial charge in [0.1, 0.15) is 5.75 Å². The molecular weight excluding hydrogens is 358 g/mol. The van der Waals surface area contributed by atoms with Gasteiger partial charge in [-0.3, -0.25) is 9.59 Å². The first kappa shape index (κ1) is 22.9. The van der Waals surface area contributed by atoms with Crippen molar-refractivity contribution in [1.29, 1.82) is 0 Å². The molecule has 2 aromatic carbocycles. The third kappa shape index (κ3) is 8.03. The molecule has 2 aromatic rings. The summed E-state index contributed by atoms with van der Waals surface area (Å²) in [4.78, 5) is 38.5. The van der Waals surface area contributed by atoms with E-state index in [1.165, 1.54) is 5.56 Å². The number of hydrogen-bond acceptors (Lipinski definition) is 5. The van der Waals surface area contributed by atoms with Crippen LogP contribution in [0.25, 0.3) is 0 Å². The topological polar surface area (TPSA) is 72.9 Å². The molecule has 0 atom stereocenters. The van der Waals surface area contributed by atoms with Gasteiger partial charge in [0, 0.05) is 13.8 Å². The number of rotatable bonds is 3. The lowest BCUT2D eigenvalue weighted by atomic mass is 10.1. The van der Waals surface area contributed by atoms with Gasteiger partial charge in [0.05, 0.1) is 11.7 Å². The van der Waals surface area contributed by atoms with Crippen molar-refractivity contribution in [3.63, 3.8) is 0 Å². The highest BCUT2D eigenvalue weighted by molar-refractivity contribution is 5.96. The predicted molar refractivity (Wildman–Crippen MR) is 107 cm³/mol. The van der Waals surface area contributed by atoms with Gasteiger partial charge >= 0.3 is 5.97 Å². The largest absolute Gasteiger partial charge is 0.491 e. The molecule has 0 aliphatic carbocycles. The highest BCUT2D eigenvalue weighted by Crippen LogP contribution is 2.12. The van der Waals surface area contributed by atoms with Gasteiger partial charge in [-0.15, -0.1) is 5.06 Å². The fourth-order valence-corrected chi connectivity index (χ4v) is 2.15. The molecule has 0 N–H and O–H groups in total. The lowest BCUT2D eigenvalue weighted by Gasteiger charge is -2.15. The predicted octanol–water partition coefficient (Wildman–Crippen LogP) is 4.24.